The number of hydrogen-bond acceptors (Lipinski definition) is 2. The number of aliphatic hydroxyl groups excluding tert-OH is 1. The van der Waals surface area contributed by atoms with E-state index >= 15 is 0 Å². The summed E-state index contributed by atoms with van der Waals surface area (Å²) in [5.41, 5.74) is 0. The van der Waals surface area contributed by atoms with Gasteiger partial charge in [0.15, 0.2) is 0 Å². The molecule has 1 nitrogen and oxygen atoms in total. The van der Waals surface area contributed by atoms with Crippen LogP contribution in [-0.2, 0) is 0 Å². The van der Waals surface area contributed by atoms with Gasteiger partial charge >= 0.3 is 6.18 Å². The van der Waals surface area contributed by atoms with Crippen LogP contribution in [0.2, 0.25) is 0 Å². The molecule has 1 unspecified atom stereocenters. The summed E-state index contributed by atoms with van der Waals surface area (Å²) in [6, 6.07) is 5.88. The second-order valence-electron chi connectivity index (χ2n) is 3.93. The van der Waals surface area contributed by atoms with Crippen molar-refractivity contribution in [3.05, 3.63) is 30.1 Å². The van der Waals surface area contributed by atoms with E-state index in [0.29, 0.717) is 4.90 Å². The van der Waals surface area contributed by atoms with Gasteiger partial charge in [0.2, 0.25) is 0 Å². The Bertz CT molecular complexity index is 367. The lowest BCUT2D eigenvalue weighted by Gasteiger charge is -2.11. The first-order valence-corrected chi connectivity index (χ1v) is 6.48. The van der Waals surface area contributed by atoms with Crippen LogP contribution in [0.5, 0.6) is 0 Å². The number of thioether (sulfide) groups is 1. The summed E-state index contributed by atoms with van der Waals surface area (Å²) in [7, 11) is 0. The predicted molar refractivity (Wildman–Crippen MR) is 63.0 cm³/mol. The van der Waals surface area contributed by atoms with Crippen LogP contribution in [0.25, 0.3) is 0 Å². The number of aliphatic hydroxyl groups is 1. The number of rotatable bonds is 6. The van der Waals surface area contributed by atoms with Gasteiger partial charge in [0.1, 0.15) is 5.82 Å². The van der Waals surface area contributed by atoms with Crippen LogP contribution < -0.4 is 0 Å². The predicted octanol–water partition coefficient (Wildman–Crippen LogP) is 4.01. The number of alkyl halides is 3. The average molecular weight is 282 g/mol. The Balaban J connectivity index is 2.23. The molecule has 0 saturated carbocycles. The molecular formula is C12H14F4OS. The Morgan fingerprint density at radius 1 is 1.28 bits per heavy atom. The van der Waals surface area contributed by atoms with E-state index in [1.54, 1.807) is 12.1 Å². The van der Waals surface area contributed by atoms with Gasteiger partial charge in [0.25, 0.3) is 0 Å². The van der Waals surface area contributed by atoms with Crippen molar-refractivity contribution in [2.45, 2.75) is 36.4 Å². The maximum atomic E-state index is 12.8. The van der Waals surface area contributed by atoms with E-state index in [9.17, 15) is 22.7 Å². The largest absolute Gasteiger partial charge is 0.392 e. The van der Waals surface area contributed by atoms with Crippen molar-refractivity contribution in [3.63, 3.8) is 0 Å². The average Bonchev–Trinajstić information content (AvgIpc) is 2.25. The molecule has 0 spiro atoms. The number of halogens is 4. The Kier molecular flexibility index (Phi) is 5.95. The SMILES string of the molecule is OC(CCCC(F)(F)F)CSc1cccc(F)c1. The molecule has 0 bridgehead atoms. The molecular weight excluding hydrogens is 268 g/mol. The van der Waals surface area contributed by atoms with Crippen molar-refractivity contribution in [2.24, 2.45) is 0 Å². The second kappa shape index (κ2) is 6.99. The van der Waals surface area contributed by atoms with Gasteiger partial charge in [-0.3, -0.25) is 0 Å². The van der Waals surface area contributed by atoms with Crippen LogP contribution in [0.1, 0.15) is 19.3 Å². The first-order chi connectivity index (χ1) is 8.37. The molecule has 0 aliphatic carbocycles. The van der Waals surface area contributed by atoms with Gasteiger partial charge in [-0.05, 0) is 31.0 Å². The van der Waals surface area contributed by atoms with Gasteiger partial charge in [0, 0.05) is 17.1 Å². The second-order valence-corrected chi connectivity index (χ2v) is 5.02. The normalized spacial score (nSPS) is 13.6. The summed E-state index contributed by atoms with van der Waals surface area (Å²) in [5.74, 6) is -0.104. The zero-order chi connectivity index (χ0) is 13.6. The van der Waals surface area contributed by atoms with Crippen LogP contribution in [0, 0.1) is 5.82 Å². The van der Waals surface area contributed by atoms with Crippen molar-refractivity contribution < 1.29 is 22.7 Å². The van der Waals surface area contributed by atoms with Gasteiger partial charge in [-0.2, -0.15) is 13.2 Å². The standard InChI is InChI=1S/C12H14F4OS/c13-9-3-1-5-11(7-9)18-8-10(17)4-2-6-12(14,15)16/h1,3,5,7,10,17H,2,4,6,8H2. The van der Waals surface area contributed by atoms with Crippen LogP contribution in [-0.4, -0.2) is 23.1 Å². The first kappa shape index (κ1) is 15.3. The third-order valence-corrected chi connectivity index (χ3v) is 3.37. The Hall–Kier alpha value is -0.750. The minimum Gasteiger partial charge on any atom is -0.392 e. The lowest BCUT2D eigenvalue weighted by atomic mass is 10.2. The van der Waals surface area contributed by atoms with E-state index in [4.69, 9.17) is 0 Å². The number of benzene rings is 1. The first-order valence-electron chi connectivity index (χ1n) is 5.50. The van der Waals surface area contributed by atoms with Gasteiger partial charge in [-0.1, -0.05) is 6.07 Å². The quantitative estimate of drug-likeness (QED) is 0.628. The summed E-state index contributed by atoms with van der Waals surface area (Å²) in [4.78, 5) is 0.657. The monoisotopic (exact) mass is 282 g/mol. The maximum absolute atomic E-state index is 12.8. The molecule has 0 saturated heterocycles. The molecule has 6 heteroatoms. The maximum Gasteiger partial charge on any atom is 0.389 e. The molecule has 102 valence electrons. The minimum atomic E-state index is -4.17. The van der Waals surface area contributed by atoms with Gasteiger partial charge in [-0.25, -0.2) is 4.39 Å². The molecule has 0 fully saturated rings. The third kappa shape index (κ3) is 6.86. The molecule has 0 heterocycles. The van der Waals surface area contributed by atoms with E-state index in [1.165, 1.54) is 23.9 Å². The molecule has 0 radical (unpaired) electrons. The van der Waals surface area contributed by atoms with Crippen LogP contribution >= 0.6 is 11.8 Å². The fourth-order valence-electron chi connectivity index (χ4n) is 1.37. The van der Waals surface area contributed by atoms with Crippen molar-refractivity contribution in [3.8, 4) is 0 Å². The molecule has 0 aliphatic heterocycles. The summed E-state index contributed by atoms with van der Waals surface area (Å²) in [6.07, 6.45) is -5.85. The van der Waals surface area contributed by atoms with E-state index in [1.807, 2.05) is 0 Å². The van der Waals surface area contributed by atoms with Crippen LogP contribution in [0.15, 0.2) is 29.2 Å². The van der Waals surface area contributed by atoms with Crippen LogP contribution in [0.3, 0.4) is 0 Å². The third-order valence-electron chi connectivity index (χ3n) is 2.24. The molecule has 1 N–H and O–H groups in total. The highest BCUT2D eigenvalue weighted by Gasteiger charge is 2.26. The highest BCUT2D eigenvalue weighted by Crippen LogP contribution is 2.24. The Labute approximate surface area is 107 Å². The van der Waals surface area contributed by atoms with E-state index in [2.05, 4.69) is 0 Å². The summed E-state index contributed by atoms with van der Waals surface area (Å²) in [6.45, 7) is 0. The summed E-state index contributed by atoms with van der Waals surface area (Å²) in [5, 5.41) is 9.49. The molecule has 1 aromatic carbocycles. The van der Waals surface area contributed by atoms with E-state index in [-0.39, 0.29) is 24.4 Å². The Morgan fingerprint density at radius 3 is 2.61 bits per heavy atom. The molecule has 1 rings (SSSR count). The fourth-order valence-corrected chi connectivity index (χ4v) is 2.29. The van der Waals surface area contributed by atoms with Crippen molar-refractivity contribution in [2.75, 3.05) is 5.75 Å². The zero-order valence-electron chi connectivity index (χ0n) is 9.58. The van der Waals surface area contributed by atoms with Gasteiger partial charge in [0.05, 0.1) is 6.10 Å². The lowest BCUT2D eigenvalue weighted by Crippen LogP contribution is -2.13. The molecule has 0 amide bonds. The fraction of sp³-hybridized carbons (Fsp3) is 0.500. The molecule has 0 aromatic heterocycles. The van der Waals surface area contributed by atoms with Crippen LogP contribution in [0.4, 0.5) is 17.6 Å². The minimum absolute atomic E-state index is 0.0889. The zero-order valence-corrected chi connectivity index (χ0v) is 10.4. The molecule has 0 aliphatic rings. The topological polar surface area (TPSA) is 20.2 Å². The van der Waals surface area contributed by atoms with Crippen molar-refractivity contribution in [1.29, 1.82) is 0 Å². The smallest absolute Gasteiger partial charge is 0.389 e. The van der Waals surface area contributed by atoms with E-state index in [0.717, 1.165) is 0 Å². The highest BCUT2D eigenvalue weighted by molar-refractivity contribution is 7.99. The van der Waals surface area contributed by atoms with Gasteiger partial charge < -0.3 is 5.11 Å². The molecule has 1 atom stereocenters. The van der Waals surface area contributed by atoms with E-state index < -0.39 is 18.7 Å². The highest BCUT2D eigenvalue weighted by atomic mass is 32.2. The Morgan fingerprint density at radius 2 is 2.00 bits per heavy atom. The molecule has 1 aromatic rings. The summed E-state index contributed by atoms with van der Waals surface area (Å²) < 4.78 is 48.4. The molecule has 18 heavy (non-hydrogen) atoms. The lowest BCUT2D eigenvalue weighted by molar-refractivity contribution is -0.136. The van der Waals surface area contributed by atoms with Gasteiger partial charge in [-0.15, -0.1) is 11.8 Å². The van der Waals surface area contributed by atoms with Crippen molar-refractivity contribution >= 4 is 11.8 Å². The van der Waals surface area contributed by atoms with Crippen molar-refractivity contribution in [1.82, 2.24) is 0 Å². The summed E-state index contributed by atoms with van der Waals surface area (Å²) >= 11 is 1.23. The number of hydrogen-bond donors (Lipinski definition) is 1.